The van der Waals surface area contributed by atoms with Crippen LogP contribution >= 0.6 is 0 Å². The Kier molecular flexibility index (Phi) is 6.19. The van der Waals surface area contributed by atoms with Crippen molar-refractivity contribution in [1.82, 2.24) is 9.88 Å². The molecular formula is C18H31N3. The number of nitrogens with zero attached hydrogens (tertiary/aromatic N) is 2. The molecule has 0 amide bonds. The molecule has 1 aliphatic rings. The first kappa shape index (κ1) is 16.4. The monoisotopic (exact) mass is 289 g/mol. The van der Waals surface area contributed by atoms with Crippen LogP contribution in [0.25, 0.3) is 0 Å². The zero-order valence-corrected chi connectivity index (χ0v) is 13.8. The fraction of sp³-hybridized carbons (Fsp3) is 0.722. The number of nitrogens with two attached hydrogens (primary N) is 1. The molecule has 2 rings (SSSR count). The summed E-state index contributed by atoms with van der Waals surface area (Å²) in [6, 6.07) is 6.32. The van der Waals surface area contributed by atoms with E-state index in [0.717, 1.165) is 25.3 Å². The van der Waals surface area contributed by atoms with Gasteiger partial charge in [-0.1, -0.05) is 45.1 Å². The highest BCUT2D eigenvalue weighted by Gasteiger charge is 2.34. The van der Waals surface area contributed by atoms with Crippen molar-refractivity contribution in [2.45, 2.75) is 70.9 Å². The molecule has 0 radical (unpaired) electrons. The Morgan fingerprint density at radius 2 is 1.81 bits per heavy atom. The van der Waals surface area contributed by atoms with Gasteiger partial charge in [0.2, 0.25) is 0 Å². The lowest BCUT2D eigenvalue weighted by Crippen LogP contribution is -2.53. The van der Waals surface area contributed by atoms with Crippen LogP contribution in [0.1, 0.15) is 63.3 Å². The molecule has 1 heterocycles. The molecule has 0 aliphatic heterocycles. The molecule has 0 saturated heterocycles. The fourth-order valence-electron chi connectivity index (χ4n) is 3.71. The van der Waals surface area contributed by atoms with Crippen LogP contribution in [0.5, 0.6) is 0 Å². The number of aryl methyl sites for hydroxylation is 1. The summed E-state index contributed by atoms with van der Waals surface area (Å²) < 4.78 is 0. The quantitative estimate of drug-likeness (QED) is 0.899. The van der Waals surface area contributed by atoms with Crippen molar-refractivity contribution >= 4 is 0 Å². The predicted molar refractivity (Wildman–Crippen MR) is 89.2 cm³/mol. The highest BCUT2D eigenvalue weighted by atomic mass is 15.2. The zero-order chi connectivity index (χ0) is 15.1. The van der Waals surface area contributed by atoms with E-state index < -0.39 is 0 Å². The van der Waals surface area contributed by atoms with E-state index in [2.05, 4.69) is 41.9 Å². The second-order valence-electron chi connectivity index (χ2n) is 6.48. The summed E-state index contributed by atoms with van der Waals surface area (Å²) in [5.41, 5.74) is 8.71. The lowest BCUT2D eigenvalue weighted by molar-refractivity contribution is 0.0631. The Morgan fingerprint density at radius 1 is 1.14 bits per heavy atom. The Hall–Kier alpha value is -0.930. The van der Waals surface area contributed by atoms with Gasteiger partial charge >= 0.3 is 0 Å². The lowest BCUT2D eigenvalue weighted by Gasteiger charge is -2.44. The van der Waals surface area contributed by atoms with Crippen LogP contribution < -0.4 is 5.73 Å². The minimum absolute atomic E-state index is 0.181. The summed E-state index contributed by atoms with van der Waals surface area (Å²) in [6.07, 6.45) is 9.23. The van der Waals surface area contributed by atoms with Crippen molar-refractivity contribution < 1.29 is 0 Å². The second kappa shape index (κ2) is 7.90. The summed E-state index contributed by atoms with van der Waals surface area (Å²) >= 11 is 0. The smallest absolute Gasteiger partial charge is 0.0547 e. The van der Waals surface area contributed by atoms with Gasteiger partial charge in [0, 0.05) is 24.3 Å². The molecular weight excluding hydrogens is 258 g/mol. The summed E-state index contributed by atoms with van der Waals surface area (Å²) in [4.78, 5) is 7.26. The molecule has 118 valence electrons. The maximum atomic E-state index is 6.26. The van der Waals surface area contributed by atoms with E-state index >= 15 is 0 Å². The molecule has 2 N–H and O–H groups in total. The third-order valence-corrected chi connectivity index (χ3v) is 5.02. The standard InChI is InChI=1S/C18H31N3/c1-3-21(14-17-11-9-10-16(2)20-17)18(15-19)12-7-5-4-6-8-13-18/h9-11H,3-8,12-15,19H2,1-2H3. The molecule has 3 heteroatoms. The van der Waals surface area contributed by atoms with Crippen molar-refractivity contribution in [3.8, 4) is 0 Å². The Morgan fingerprint density at radius 3 is 2.38 bits per heavy atom. The SMILES string of the molecule is CCN(Cc1cccc(C)n1)C1(CN)CCCCCCC1. The second-order valence-corrected chi connectivity index (χ2v) is 6.48. The maximum absolute atomic E-state index is 6.26. The first-order valence-corrected chi connectivity index (χ1v) is 8.58. The number of hydrogen-bond acceptors (Lipinski definition) is 3. The summed E-state index contributed by atoms with van der Waals surface area (Å²) in [7, 11) is 0. The molecule has 0 aromatic carbocycles. The molecule has 1 fully saturated rings. The summed E-state index contributed by atoms with van der Waals surface area (Å²) in [5, 5.41) is 0. The highest BCUT2D eigenvalue weighted by molar-refractivity contribution is 5.10. The van der Waals surface area contributed by atoms with Gasteiger partial charge in [0.15, 0.2) is 0 Å². The average molecular weight is 289 g/mol. The van der Waals surface area contributed by atoms with E-state index in [9.17, 15) is 0 Å². The molecule has 0 bridgehead atoms. The molecule has 1 aromatic heterocycles. The van der Waals surface area contributed by atoms with Crippen LogP contribution in [-0.4, -0.2) is 28.5 Å². The predicted octanol–water partition coefficient (Wildman–Crippen LogP) is 3.65. The van der Waals surface area contributed by atoms with Crippen LogP contribution in [0.4, 0.5) is 0 Å². The van der Waals surface area contributed by atoms with Crippen LogP contribution in [-0.2, 0) is 6.54 Å². The van der Waals surface area contributed by atoms with Gasteiger partial charge in [0.05, 0.1) is 5.69 Å². The van der Waals surface area contributed by atoms with E-state index in [0.29, 0.717) is 0 Å². The molecule has 0 atom stereocenters. The van der Waals surface area contributed by atoms with Crippen molar-refractivity contribution in [2.24, 2.45) is 5.73 Å². The van der Waals surface area contributed by atoms with Gasteiger partial charge < -0.3 is 5.73 Å². The van der Waals surface area contributed by atoms with Gasteiger partial charge in [-0.15, -0.1) is 0 Å². The van der Waals surface area contributed by atoms with Crippen LogP contribution in [0.2, 0.25) is 0 Å². The molecule has 1 saturated carbocycles. The molecule has 3 nitrogen and oxygen atoms in total. The van der Waals surface area contributed by atoms with Crippen LogP contribution in [0, 0.1) is 6.92 Å². The number of likely N-dealkylation sites (N-methyl/N-ethyl adjacent to an activating group) is 1. The summed E-state index contributed by atoms with van der Waals surface area (Å²) in [6.45, 7) is 7.06. The third kappa shape index (κ3) is 4.27. The van der Waals surface area contributed by atoms with Crippen molar-refractivity contribution in [1.29, 1.82) is 0 Å². The molecule has 1 aromatic rings. The largest absolute Gasteiger partial charge is 0.329 e. The molecule has 0 unspecified atom stereocenters. The Labute approximate surface area is 129 Å². The van der Waals surface area contributed by atoms with Crippen molar-refractivity contribution in [3.05, 3.63) is 29.6 Å². The van der Waals surface area contributed by atoms with Gasteiger partial charge in [0.1, 0.15) is 0 Å². The first-order valence-electron chi connectivity index (χ1n) is 8.58. The summed E-state index contributed by atoms with van der Waals surface area (Å²) in [5.74, 6) is 0. The van der Waals surface area contributed by atoms with Gasteiger partial charge in [-0.05, 0) is 38.4 Å². The molecule has 21 heavy (non-hydrogen) atoms. The number of pyridine rings is 1. The van der Waals surface area contributed by atoms with Crippen molar-refractivity contribution in [2.75, 3.05) is 13.1 Å². The first-order chi connectivity index (χ1) is 10.2. The number of aromatic nitrogens is 1. The number of rotatable bonds is 5. The lowest BCUT2D eigenvalue weighted by atomic mass is 9.82. The van der Waals surface area contributed by atoms with Crippen LogP contribution in [0.3, 0.4) is 0 Å². The fourth-order valence-corrected chi connectivity index (χ4v) is 3.71. The maximum Gasteiger partial charge on any atom is 0.0547 e. The normalized spacial score (nSPS) is 19.2. The van der Waals surface area contributed by atoms with E-state index in [1.54, 1.807) is 0 Å². The van der Waals surface area contributed by atoms with Gasteiger partial charge in [0.25, 0.3) is 0 Å². The van der Waals surface area contributed by atoms with Gasteiger partial charge in [-0.25, -0.2) is 0 Å². The minimum Gasteiger partial charge on any atom is -0.329 e. The molecule has 1 aliphatic carbocycles. The zero-order valence-electron chi connectivity index (χ0n) is 13.8. The Balaban J connectivity index is 2.15. The van der Waals surface area contributed by atoms with E-state index in [1.165, 1.54) is 50.6 Å². The highest BCUT2D eigenvalue weighted by Crippen LogP contribution is 2.32. The molecule has 0 spiro atoms. The van der Waals surface area contributed by atoms with E-state index in [4.69, 9.17) is 5.73 Å². The van der Waals surface area contributed by atoms with Crippen molar-refractivity contribution in [3.63, 3.8) is 0 Å². The van der Waals surface area contributed by atoms with E-state index in [1.807, 2.05) is 0 Å². The third-order valence-electron chi connectivity index (χ3n) is 5.02. The Bertz CT molecular complexity index is 422. The van der Waals surface area contributed by atoms with Crippen LogP contribution in [0.15, 0.2) is 18.2 Å². The number of hydrogen-bond donors (Lipinski definition) is 1. The average Bonchev–Trinajstić information content (AvgIpc) is 2.46. The van der Waals surface area contributed by atoms with Gasteiger partial charge in [-0.3, -0.25) is 9.88 Å². The van der Waals surface area contributed by atoms with Gasteiger partial charge in [-0.2, -0.15) is 0 Å². The topological polar surface area (TPSA) is 42.2 Å². The van der Waals surface area contributed by atoms with E-state index in [-0.39, 0.29) is 5.54 Å². The minimum atomic E-state index is 0.181.